The van der Waals surface area contributed by atoms with E-state index in [0.717, 1.165) is 32.2 Å². The van der Waals surface area contributed by atoms with Crippen molar-refractivity contribution in [1.82, 2.24) is 9.88 Å². The molecule has 2 atom stereocenters. The maximum Gasteiger partial charge on any atom is 0.343 e. The zero-order valence-corrected chi connectivity index (χ0v) is 17.0. The molecule has 3 aliphatic rings. The fourth-order valence-corrected chi connectivity index (χ4v) is 4.98. The number of fused-ring (bicyclic) bond motifs is 2. The molecule has 5 rings (SSSR count). The Hall–Kier alpha value is -2.61. The number of nitrogens with zero attached hydrogens (tertiary/aromatic N) is 2. The van der Waals surface area contributed by atoms with E-state index < -0.39 is 17.2 Å². The molecular weight excluding hydrogens is 389 g/mol. The molecule has 2 aromatic rings. The van der Waals surface area contributed by atoms with Crippen LogP contribution >= 0.6 is 0 Å². The van der Waals surface area contributed by atoms with Crippen molar-refractivity contribution in [3.8, 4) is 5.75 Å². The molecule has 0 amide bonds. The highest BCUT2D eigenvalue weighted by Gasteiger charge is 2.37. The molecule has 2 saturated heterocycles. The van der Waals surface area contributed by atoms with E-state index in [4.69, 9.17) is 4.74 Å². The number of carbonyl (C=O) groups excluding carboxylic acids is 1. The Morgan fingerprint density at radius 3 is 2.83 bits per heavy atom. The van der Waals surface area contributed by atoms with Gasteiger partial charge in [0.1, 0.15) is 11.3 Å². The number of pyridine rings is 1. The summed E-state index contributed by atoms with van der Waals surface area (Å²) in [6.07, 6.45) is 5.40. The molecule has 3 fully saturated rings. The number of aromatic nitrogens is 1. The minimum Gasteiger partial charge on any atom is -0.504 e. The molecule has 1 aliphatic carbocycles. The second kappa shape index (κ2) is 7.27. The zero-order chi connectivity index (χ0) is 21.0. The van der Waals surface area contributed by atoms with Gasteiger partial charge in [-0.25, -0.2) is 9.18 Å². The summed E-state index contributed by atoms with van der Waals surface area (Å²) in [5, 5.41) is 14.7. The van der Waals surface area contributed by atoms with E-state index in [2.05, 4.69) is 5.32 Å². The summed E-state index contributed by atoms with van der Waals surface area (Å²) in [5.74, 6) is -1.16. The number of nitrogens with one attached hydrogen (secondary N) is 1. The van der Waals surface area contributed by atoms with Gasteiger partial charge in [0, 0.05) is 31.4 Å². The monoisotopic (exact) mass is 415 g/mol. The van der Waals surface area contributed by atoms with Crippen molar-refractivity contribution in [2.45, 2.75) is 44.7 Å². The topological polar surface area (TPSA) is 83.8 Å². The largest absolute Gasteiger partial charge is 0.504 e. The number of hydrogen-bond donors (Lipinski definition) is 2. The van der Waals surface area contributed by atoms with Crippen LogP contribution < -0.4 is 15.6 Å². The number of rotatable bonds is 4. The van der Waals surface area contributed by atoms with Crippen LogP contribution in [-0.4, -0.2) is 47.9 Å². The molecular formula is C22H26FN3O4. The lowest BCUT2D eigenvalue weighted by molar-refractivity contribution is 0.0524. The van der Waals surface area contributed by atoms with Crippen LogP contribution in [0.15, 0.2) is 17.1 Å². The average Bonchev–Trinajstić information content (AvgIpc) is 3.47. The first-order valence-electron chi connectivity index (χ1n) is 10.7. The molecule has 1 saturated carbocycles. The second-order valence-corrected chi connectivity index (χ2v) is 8.55. The van der Waals surface area contributed by atoms with Crippen LogP contribution in [0.3, 0.4) is 0 Å². The lowest BCUT2D eigenvalue weighted by Crippen LogP contribution is -2.40. The summed E-state index contributed by atoms with van der Waals surface area (Å²) in [5.41, 5.74) is -0.289. The number of halogens is 1. The van der Waals surface area contributed by atoms with Gasteiger partial charge in [0.05, 0.1) is 17.5 Å². The molecule has 0 unspecified atom stereocenters. The van der Waals surface area contributed by atoms with Gasteiger partial charge in [-0.15, -0.1) is 0 Å². The normalized spacial score (nSPS) is 23.6. The Kier molecular flexibility index (Phi) is 4.69. The number of phenols is 1. The van der Waals surface area contributed by atoms with Crippen LogP contribution in [0.1, 0.15) is 49.0 Å². The summed E-state index contributed by atoms with van der Waals surface area (Å²) in [7, 11) is 0. The third-order valence-electron chi connectivity index (χ3n) is 6.57. The predicted molar refractivity (Wildman–Crippen MR) is 111 cm³/mol. The van der Waals surface area contributed by atoms with E-state index in [0.29, 0.717) is 24.5 Å². The van der Waals surface area contributed by atoms with Gasteiger partial charge < -0.3 is 24.6 Å². The van der Waals surface area contributed by atoms with Crippen LogP contribution in [0.25, 0.3) is 10.9 Å². The van der Waals surface area contributed by atoms with Gasteiger partial charge >= 0.3 is 5.97 Å². The summed E-state index contributed by atoms with van der Waals surface area (Å²) in [6, 6.07) is 1.53. The summed E-state index contributed by atoms with van der Waals surface area (Å²) < 4.78 is 22.0. The Labute approximate surface area is 173 Å². The van der Waals surface area contributed by atoms with Crippen LogP contribution in [0.5, 0.6) is 5.75 Å². The molecule has 0 bridgehead atoms. The van der Waals surface area contributed by atoms with Crippen LogP contribution in [0.4, 0.5) is 10.1 Å². The Morgan fingerprint density at radius 2 is 2.13 bits per heavy atom. The Morgan fingerprint density at radius 1 is 1.33 bits per heavy atom. The lowest BCUT2D eigenvalue weighted by atomic mass is 9.94. The molecule has 2 N–H and O–H groups in total. The predicted octanol–water partition coefficient (Wildman–Crippen LogP) is 2.55. The van der Waals surface area contributed by atoms with Gasteiger partial charge in [-0.3, -0.25) is 4.79 Å². The Bertz CT molecular complexity index is 1060. The fraction of sp³-hybridized carbons (Fsp3) is 0.545. The van der Waals surface area contributed by atoms with Crippen molar-refractivity contribution in [1.29, 1.82) is 0 Å². The van der Waals surface area contributed by atoms with Gasteiger partial charge in [0.2, 0.25) is 5.43 Å². The van der Waals surface area contributed by atoms with Crippen molar-refractivity contribution >= 4 is 22.6 Å². The number of carbonyl (C=O) groups is 1. The van der Waals surface area contributed by atoms with Gasteiger partial charge in [-0.2, -0.15) is 0 Å². The van der Waals surface area contributed by atoms with Crippen molar-refractivity contribution in [2.75, 3.05) is 31.1 Å². The number of benzene rings is 1. The third kappa shape index (κ3) is 3.05. The first-order valence-corrected chi connectivity index (χ1v) is 10.7. The first kappa shape index (κ1) is 19.4. The molecule has 1 aromatic carbocycles. The van der Waals surface area contributed by atoms with Gasteiger partial charge in [-0.05, 0) is 51.1 Å². The van der Waals surface area contributed by atoms with Crippen molar-refractivity contribution in [2.24, 2.45) is 5.92 Å². The van der Waals surface area contributed by atoms with E-state index in [1.54, 1.807) is 11.5 Å². The number of phenolic OH excluding ortho intramolecular Hbond substituents is 1. The van der Waals surface area contributed by atoms with Gasteiger partial charge in [0.15, 0.2) is 11.6 Å². The quantitative estimate of drug-likeness (QED) is 0.747. The second-order valence-electron chi connectivity index (χ2n) is 8.55. The third-order valence-corrected chi connectivity index (χ3v) is 6.57. The molecule has 7 nitrogen and oxygen atoms in total. The highest BCUT2D eigenvalue weighted by atomic mass is 19.1. The summed E-state index contributed by atoms with van der Waals surface area (Å²) in [4.78, 5) is 27.1. The molecule has 1 aromatic heterocycles. The zero-order valence-electron chi connectivity index (χ0n) is 17.0. The van der Waals surface area contributed by atoms with Crippen LogP contribution in [0.2, 0.25) is 0 Å². The summed E-state index contributed by atoms with van der Waals surface area (Å²) in [6.45, 7) is 4.05. The highest BCUT2D eigenvalue weighted by molar-refractivity contribution is 5.97. The van der Waals surface area contributed by atoms with E-state index >= 15 is 4.39 Å². The fourth-order valence-electron chi connectivity index (χ4n) is 4.98. The highest BCUT2D eigenvalue weighted by Crippen LogP contribution is 2.44. The average molecular weight is 415 g/mol. The molecule has 2 aliphatic heterocycles. The number of anilines is 1. The summed E-state index contributed by atoms with van der Waals surface area (Å²) >= 11 is 0. The number of ether oxygens (including phenoxy) is 1. The van der Waals surface area contributed by atoms with Crippen LogP contribution in [0, 0.1) is 11.7 Å². The molecule has 0 spiro atoms. The van der Waals surface area contributed by atoms with E-state index in [1.807, 2.05) is 4.90 Å². The number of hydrogen-bond acceptors (Lipinski definition) is 6. The minimum atomic E-state index is -0.725. The Balaban J connectivity index is 1.66. The molecule has 3 heterocycles. The van der Waals surface area contributed by atoms with Gasteiger partial charge in [0.25, 0.3) is 0 Å². The maximum atomic E-state index is 15.2. The lowest BCUT2D eigenvalue weighted by Gasteiger charge is -2.24. The molecule has 0 radical (unpaired) electrons. The van der Waals surface area contributed by atoms with E-state index in [-0.39, 0.29) is 41.1 Å². The number of piperidine rings is 1. The number of esters is 1. The SMILES string of the molecule is CCOC(=O)c1cn(C2CC2)c2c(O)c(N3C[C@@H]4CCCN[C@@H]4C3)c(F)cc2c1=O. The molecule has 8 heteroatoms. The standard InChI is InChI=1S/C22H26FN3O4/c1-2-30-22(29)15-10-26(13-5-6-13)18-14(20(15)27)8-16(23)19(21(18)28)25-9-12-4-3-7-24-17(12)11-25/h8,10,12-13,17,24,28H,2-7,9,11H2,1H3/t12-,17+/m0/s1. The van der Waals surface area contributed by atoms with Crippen molar-refractivity contribution in [3.63, 3.8) is 0 Å². The minimum absolute atomic E-state index is 0.0148. The maximum absolute atomic E-state index is 15.2. The molecule has 30 heavy (non-hydrogen) atoms. The number of aromatic hydroxyl groups is 1. The van der Waals surface area contributed by atoms with Gasteiger partial charge in [-0.1, -0.05) is 0 Å². The van der Waals surface area contributed by atoms with E-state index in [1.165, 1.54) is 12.3 Å². The smallest absolute Gasteiger partial charge is 0.343 e. The van der Waals surface area contributed by atoms with E-state index in [9.17, 15) is 14.7 Å². The van der Waals surface area contributed by atoms with Crippen LogP contribution in [-0.2, 0) is 4.74 Å². The van der Waals surface area contributed by atoms with Crippen molar-refractivity contribution < 1.29 is 19.0 Å². The molecule has 160 valence electrons. The first-order chi connectivity index (χ1) is 14.5. The van der Waals surface area contributed by atoms with Crippen molar-refractivity contribution in [3.05, 3.63) is 33.9 Å².